The first-order valence-electron chi connectivity index (χ1n) is 14.7. The molecule has 0 aromatic carbocycles. The van der Waals surface area contributed by atoms with Gasteiger partial charge in [-0.1, -0.05) is 72.0 Å². The summed E-state index contributed by atoms with van der Waals surface area (Å²) in [6, 6.07) is 0. The van der Waals surface area contributed by atoms with Crippen LogP contribution >= 0.6 is 0 Å². The second-order valence-corrected chi connectivity index (χ2v) is 10.0. The highest BCUT2D eigenvalue weighted by Gasteiger charge is 2.01. The van der Waals surface area contributed by atoms with Crippen LogP contribution in [0.2, 0.25) is 0 Å². The molecule has 236 valence electrons. The maximum absolute atomic E-state index is 9.08. The molecule has 0 fully saturated rings. The van der Waals surface area contributed by atoms with E-state index in [9.17, 15) is 0 Å². The molecule has 0 radical (unpaired) electrons. The monoisotopic (exact) mass is 553 g/mol. The van der Waals surface area contributed by atoms with Gasteiger partial charge in [0, 0.05) is 13.2 Å². The summed E-state index contributed by atoms with van der Waals surface area (Å²) in [5.41, 5.74) is -0.500. The first-order chi connectivity index (χ1) is 17.7. The summed E-state index contributed by atoms with van der Waals surface area (Å²) in [6.07, 6.45) is 13.3. The van der Waals surface area contributed by atoms with E-state index in [2.05, 4.69) is 33.9 Å². The second-order valence-electron chi connectivity index (χ2n) is 10.0. The van der Waals surface area contributed by atoms with E-state index < -0.39 is 11.7 Å². The molecule has 3 unspecified atom stereocenters. The van der Waals surface area contributed by atoms with Crippen LogP contribution in [0.4, 0.5) is 0 Å². The first kappa shape index (κ1) is 50.1. The SMILES string of the molecule is C=CC.C=CC.CC(C)(C)O.CC(O)COC(C)CO.CCCCCC(O)CC.CCCCOCCCC. The Hall–Kier alpha value is -0.760. The Labute approximate surface area is 239 Å². The zero-order valence-corrected chi connectivity index (χ0v) is 27.6. The van der Waals surface area contributed by atoms with Crippen molar-refractivity contribution in [1.29, 1.82) is 0 Å². The predicted octanol–water partition coefficient (Wildman–Crippen LogP) is 7.87. The Morgan fingerprint density at radius 3 is 1.42 bits per heavy atom. The van der Waals surface area contributed by atoms with Crippen LogP contribution in [0.1, 0.15) is 134 Å². The molecule has 0 bridgehead atoms. The average Bonchev–Trinajstić information content (AvgIpc) is 2.83. The van der Waals surface area contributed by atoms with Crippen molar-refractivity contribution in [3.63, 3.8) is 0 Å². The molecule has 0 aromatic rings. The Kier molecular flexibility index (Phi) is 60.8. The van der Waals surface area contributed by atoms with Crippen molar-refractivity contribution in [1.82, 2.24) is 0 Å². The highest BCUT2D eigenvalue weighted by atomic mass is 16.5. The number of ether oxygens (including phenoxy) is 2. The van der Waals surface area contributed by atoms with Gasteiger partial charge < -0.3 is 29.9 Å². The fourth-order valence-corrected chi connectivity index (χ4v) is 1.79. The standard InChI is InChI=1S/2C8H18O.C6H14O3.C4H10O.2C3H6/c1-3-5-6-7-8(9)4-2;1-3-5-7-9-8-6-4-2;1-5(8)4-9-6(2)3-7;1-4(2,3)5;2*1-3-2/h8-9H,3-7H2,1-2H3;3-8H2,1-2H3;5-8H,3-4H2,1-2H3;5H,1-3H3;2*3H,1H2,2H3. The Bertz CT molecular complexity index is 363. The molecule has 0 saturated heterocycles. The third kappa shape index (κ3) is 112. The van der Waals surface area contributed by atoms with Gasteiger partial charge in [-0.25, -0.2) is 0 Å². The quantitative estimate of drug-likeness (QED) is 0.122. The van der Waals surface area contributed by atoms with Crippen molar-refractivity contribution < 1.29 is 29.9 Å². The molecular weight excluding hydrogens is 480 g/mol. The largest absolute Gasteiger partial charge is 0.394 e. The van der Waals surface area contributed by atoms with Crippen LogP contribution < -0.4 is 0 Å². The molecule has 0 aliphatic carbocycles. The fraction of sp³-hybridized carbons (Fsp3) is 0.875. The topological polar surface area (TPSA) is 99.4 Å². The minimum absolute atomic E-state index is 0.00667. The number of rotatable bonds is 15. The van der Waals surface area contributed by atoms with E-state index in [0.717, 1.165) is 26.1 Å². The van der Waals surface area contributed by atoms with Gasteiger partial charge in [0.25, 0.3) is 0 Å². The van der Waals surface area contributed by atoms with E-state index >= 15 is 0 Å². The van der Waals surface area contributed by atoms with Gasteiger partial charge in [0.2, 0.25) is 0 Å². The van der Waals surface area contributed by atoms with Crippen molar-refractivity contribution in [2.45, 2.75) is 158 Å². The molecule has 4 N–H and O–H groups in total. The molecule has 0 spiro atoms. The third-order valence-corrected chi connectivity index (χ3v) is 3.78. The van der Waals surface area contributed by atoms with E-state index in [4.69, 9.17) is 29.9 Å². The lowest BCUT2D eigenvalue weighted by molar-refractivity contribution is -0.0177. The molecule has 6 nitrogen and oxygen atoms in total. The number of unbranched alkanes of at least 4 members (excludes halogenated alkanes) is 4. The smallest absolute Gasteiger partial charge is 0.0779 e. The molecule has 0 aliphatic rings. The summed E-state index contributed by atoms with van der Waals surface area (Å²) in [7, 11) is 0. The van der Waals surface area contributed by atoms with Crippen molar-refractivity contribution >= 4 is 0 Å². The number of allylic oxidation sites excluding steroid dienone is 2. The molecule has 3 atom stereocenters. The van der Waals surface area contributed by atoms with Crippen LogP contribution in [0.5, 0.6) is 0 Å². The molecule has 0 aliphatic heterocycles. The number of hydrogen-bond donors (Lipinski definition) is 4. The van der Waals surface area contributed by atoms with Gasteiger partial charge in [-0.05, 0) is 74.1 Å². The van der Waals surface area contributed by atoms with Crippen LogP contribution in [0.15, 0.2) is 25.3 Å². The highest BCUT2D eigenvalue weighted by Crippen LogP contribution is 2.04. The van der Waals surface area contributed by atoms with Crippen molar-refractivity contribution in [3.8, 4) is 0 Å². The zero-order valence-electron chi connectivity index (χ0n) is 27.6. The summed E-state index contributed by atoms with van der Waals surface area (Å²) < 4.78 is 10.3. The van der Waals surface area contributed by atoms with Crippen LogP contribution in [-0.4, -0.2) is 70.8 Å². The Morgan fingerprint density at radius 2 is 1.16 bits per heavy atom. The maximum Gasteiger partial charge on any atom is 0.0779 e. The summed E-state index contributed by atoms with van der Waals surface area (Å²) in [5.74, 6) is 0. The summed E-state index contributed by atoms with van der Waals surface area (Å²) in [5, 5.41) is 34.7. The maximum atomic E-state index is 9.08. The molecule has 0 rings (SSSR count). The Morgan fingerprint density at radius 1 is 0.789 bits per heavy atom. The average molecular weight is 553 g/mol. The lowest BCUT2D eigenvalue weighted by Gasteiger charge is -2.10. The van der Waals surface area contributed by atoms with Crippen molar-refractivity contribution in [2.75, 3.05) is 26.4 Å². The van der Waals surface area contributed by atoms with Crippen molar-refractivity contribution in [2.24, 2.45) is 0 Å². The van der Waals surface area contributed by atoms with Gasteiger partial charge in [0.05, 0.1) is 37.1 Å². The minimum atomic E-state index is -0.500. The molecule has 0 aromatic heterocycles. The Balaban J connectivity index is -0.0000000850. The molecule has 38 heavy (non-hydrogen) atoms. The van der Waals surface area contributed by atoms with E-state index in [-0.39, 0.29) is 18.8 Å². The summed E-state index contributed by atoms with van der Waals surface area (Å²) >= 11 is 0. The number of aliphatic hydroxyl groups excluding tert-OH is 3. The molecule has 0 heterocycles. The van der Waals surface area contributed by atoms with Crippen LogP contribution in [0.3, 0.4) is 0 Å². The normalized spacial score (nSPS) is 12.0. The summed E-state index contributed by atoms with van der Waals surface area (Å²) in [6.45, 7) is 29.9. The van der Waals surface area contributed by atoms with E-state index in [1.807, 2.05) is 20.8 Å². The summed E-state index contributed by atoms with van der Waals surface area (Å²) in [4.78, 5) is 0. The van der Waals surface area contributed by atoms with Gasteiger partial charge in [-0.15, -0.1) is 13.2 Å². The third-order valence-electron chi connectivity index (χ3n) is 3.78. The van der Waals surface area contributed by atoms with Crippen LogP contribution in [0.25, 0.3) is 0 Å². The van der Waals surface area contributed by atoms with Crippen LogP contribution in [0, 0.1) is 0 Å². The van der Waals surface area contributed by atoms with Gasteiger partial charge >= 0.3 is 0 Å². The van der Waals surface area contributed by atoms with E-state index in [1.54, 1.807) is 46.8 Å². The van der Waals surface area contributed by atoms with E-state index in [1.165, 1.54) is 44.9 Å². The lowest BCUT2D eigenvalue weighted by Crippen LogP contribution is -2.19. The fourth-order valence-electron chi connectivity index (χ4n) is 1.79. The molecular formula is C32H72O6. The highest BCUT2D eigenvalue weighted by molar-refractivity contribution is 4.52. The predicted molar refractivity (Wildman–Crippen MR) is 169 cm³/mol. The molecule has 0 saturated carbocycles. The van der Waals surface area contributed by atoms with Gasteiger partial charge in [0.1, 0.15) is 0 Å². The van der Waals surface area contributed by atoms with Crippen LogP contribution in [-0.2, 0) is 9.47 Å². The molecule has 0 amide bonds. The zero-order chi connectivity index (χ0) is 31.3. The second kappa shape index (κ2) is 46.1. The first-order valence-corrected chi connectivity index (χ1v) is 14.7. The molecule has 6 heteroatoms. The van der Waals surface area contributed by atoms with E-state index in [0.29, 0.717) is 6.61 Å². The number of aliphatic hydroxyl groups is 4. The van der Waals surface area contributed by atoms with Gasteiger partial charge in [0.15, 0.2) is 0 Å². The van der Waals surface area contributed by atoms with Gasteiger partial charge in [-0.2, -0.15) is 0 Å². The number of hydrogen-bond acceptors (Lipinski definition) is 6. The lowest BCUT2D eigenvalue weighted by atomic mass is 10.1. The van der Waals surface area contributed by atoms with Gasteiger partial charge in [-0.3, -0.25) is 0 Å². The van der Waals surface area contributed by atoms with Crippen molar-refractivity contribution in [3.05, 3.63) is 25.3 Å². The minimum Gasteiger partial charge on any atom is -0.394 e.